The number of nitrogens with zero attached hydrogens (tertiary/aromatic N) is 1. The first-order valence-corrected chi connectivity index (χ1v) is 15.3. The van der Waals surface area contributed by atoms with Crippen molar-refractivity contribution in [3.8, 4) is 22.3 Å². The van der Waals surface area contributed by atoms with Gasteiger partial charge in [-0.3, -0.25) is 0 Å². The van der Waals surface area contributed by atoms with E-state index in [9.17, 15) is 0 Å². The predicted octanol–water partition coefficient (Wildman–Crippen LogP) is 12.0. The Morgan fingerprint density at radius 3 is 2.17 bits per heavy atom. The fraction of sp³-hybridized carbons (Fsp3) is 0.100. The SMILES string of the molecule is C=Cc1c(/C=C\C)sc2ccc(N(c3cccc(-c4ccccc4)c3)c3ccc4c(c3)C(C)(C)c3ccccc3-4)cc12. The van der Waals surface area contributed by atoms with Crippen LogP contribution >= 0.6 is 11.3 Å². The van der Waals surface area contributed by atoms with Crippen LogP contribution in [0.2, 0.25) is 0 Å². The highest BCUT2D eigenvalue weighted by Gasteiger charge is 2.35. The maximum absolute atomic E-state index is 4.17. The average Bonchev–Trinajstić information content (AvgIpc) is 3.49. The van der Waals surface area contributed by atoms with Crippen LogP contribution in [-0.2, 0) is 5.41 Å². The second kappa shape index (κ2) is 10.3. The monoisotopic (exact) mass is 559 g/mol. The summed E-state index contributed by atoms with van der Waals surface area (Å²) >= 11 is 1.82. The third-order valence-electron chi connectivity index (χ3n) is 8.56. The Bertz CT molecular complexity index is 1990. The first-order chi connectivity index (χ1) is 20.5. The number of allylic oxidation sites excluding steroid dienone is 1. The van der Waals surface area contributed by atoms with Gasteiger partial charge in [-0.05, 0) is 94.4 Å². The number of thiophene rings is 1. The van der Waals surface area contributed by atoms with Crippen molar-refractivity contribution in [2.75, 3.05) is 4.90 Å². The van der Waals surface area contributed by atoms with Crippen molar-refractivity contribution in [2.45, 2.75) is 26.2 Å². The Labute approximate surface area is 252 Å². The lowest BCUT2D eigenvalue weighted by molar-refractivity contribution is 0.660. The van der Waals surface area contributed by atoms with E-state index in [2.05, 4.69) is 160 Å². The minimum Gasteiger partial charge on any atom is -0.310 e. The van der Waals surface area contributed by atoms with Crippen LogP contribution < -0.4 is 4.90 Å². The molecular formula is C40H33NS. The lowest BCUT2D eigenvalue weighted by atomic mass is 9.82. The summed E-state index contributed by atoms with van der Waals surface area (Å²) in [6, 6.07) is 42.2. The van der Waals surface area contributed by atoms with Gasteiger partial charge in [-0.2, -0.15) is 0 Å². The van der Waals surface area contributed by atoms with E-state index in [0.29, 0.717) is 0 Å². The van der Waals surface area contributed by atoms with Crippen molar-refractivity contribution >= 4 is 50.6 Å². The molecule has 5 aromatic carbocycles. The van der Waals surface area contributed by atoms with E-state index < -0.39 is 0 Å². The third-order valence-corrected chi connectivity index (χ3v) is 9.71. The quantitative estimate of drug-likeness (QED) is 0.196. The summed E-state index contributed by atoms with van der Waals surface area (Å²) < 4.78 is 1.27. The number of rotatable bonds is 6. The highest BCUT2D eigenvalue weighted by Crippen LogP contribution is 2.51. The van der Waals surface area contributed by atoms with Gasteiger partial charge >= 0.3 is 0 Å². The van der Waals surface area contributed by atoms with Crippen LogP contribution in [0.1, 0.15) is 42.3 Å². The molecule has 0 N–H and O–H groups in total. The van der Waals surface area contributed by atoms with Crippen LogP contribution in [0.25, 0.3) is 44.5 Å². The molecule has 1 nitrogen and oxygen atoms in total. The molecule has 0 fully saturated rings. The molecular weight excluding hydrogens is 527 g/mol. The van der Waals surface area contributed by atoms with E-state index in [0.717, 1.165) is 17.1 Å². The van der Waals surface area contributed by atoms with Gasteiger partial charge in [-0.15, -0.1) is 11.3 Å². The molecule has 0 radical (unpaired) electrons. The largest absolute Gasteiger partial charge is 0.310 e. The van der Waals surface area contributed by atoms with Gasteiger partial charge in [0.2, 0.25) is 0 Å². The van der Waals surface area contributed by atoms with Crippen molar-refractivity contribution in [2.24, 2.45) is 0 Å². The first-order valence-electron chi connectivity index (χ1n) is 14.5. The van der Waals surface area contributed by atoms with Crippen LogP contribution in [0, 0.1) is 0 Å². The molecule has 0 bridgehead atoms. The number of hydrogen-bond donors (Lipinski definition) is 0. The van der Waals surface area contributed by atoms with Gasteiger partial charge in [-0.1, -0.05) is 105 Å². The summed E-state index contributed by atoms with van der Waals surface area (Å²) in [5, 5.41) is 1.23. The van der Waals surface area contributed by atoms with Crippen LogP contribution in [0.4, 0.5) is 17.1 Å². The van der Waals surface area contributed by atoms with Crippen LogP contribution in [-0.4, -0.2) is 0 Å². The normalized spacial score (nSPS) is 13.3. The minimum absolute atomic E-state index is 0.0752. The lowest BCUT2D eigenvalue weighted by Crippen LogP contribution is -2.16. The average molecular weight is 560 g/mol. The number of hydrogen-bond acceptors (Lipinski definition) is 2. The Hall–Kier alpha value is -4.66. The lowest BCUT2D eigenvalue weighted by Gasteiger charge is -2.28. The molecule has 0 unspecified atom stereocenters. The van der Waals surface area contributed by atoms with Gasteiger partial charge in [0.15, 0.2) is 0 Å². The zero-order valence-electron chi connectivity index (χ0n) is 24.3. The van der Waals surface area contributed by atoms with E-state index in [-0.39, 0.29) is 5.41 Å². The van der Waals surface area contributed by atoms with Gasteiger partial charge < -0.3 is 4.90 Å². The standard InChI is InChI=1S/C40H33NS/c1-5-13-38-32(6-2)35-25-30(21-23-39(35)42-38)41(29-17-12-16-28(24-29)27-14-8-7-9-15-27)31-20-22-34-33-18-10-11-19-36(33)40(3,4)37(34)26-31/h5-26H,2H2,1,3-4H3/b13-5-. The molecule has 7 rings (SSSR count). The van der Waals surface area contributed by atoms with Gasteiger partial charge in [0.05, 0.1) is 0 Å². The molecule has 6 aromatic rings. The predicted molar refractivity (Wildman–Crippen MR) is 184 cm³/mol. The molecule has 0 atom stereocenters. The first kappa shape index (κ1) is 26.3. The molecule has 204 valence electrons. The van der Waals surface area contributed by atoms with Crippen molar-refractivity contribution in [1.82, 2.24) is 0 Å². The summed E-state index contributed by atoms with van der Waals surface area (Å²) in [5.74, 6) is 0. The molecule has 0 spiro atoms. The molecule has 1 heterocycles. The number of benzene rings is 5. The Kier molecular flexibility index (Phi) is 6.45. The van der Waals surface area contributed by atoms with Crippen molar-refractivity contribution < 1.29 is 0 Å². The van der Waals surface area contributed by atoms with Gasteiger partial charge in [0.25, 0.3) is 0 Å². The molecule has 42 heavy (non-hydrogen) atoms. The summed E-state index contributed by atoms with van der Waals surface area (Å²) in [5.41, 5.74) is 12.4. The molecule has 1 aliphatic rings. The molecule has 0 amide bonds. The Morgan fingerprint density at radius 2 is 1.36 bits per heavy atom. The molecule has 1 aliphatic carbocycles. The molecule has 0 saturated heterocycles. The smallest absolute Gasteiger partial charge is 0.0468 e. The van der Waals surface area contributed by atoms with E-state index in [1.165, 1.54) is 53.9 Å². The van der Waals surface area contributed by atoms with Gasteiger partial charge in [0.1, 0.15) is 0 Å². The van der Waals surface area contributed by atoms with E-state index >= 15 is 0 Å². The summed E-state index contributed by atoms with van der Waals surface area (Å²) in [6.45, 7) is 10.9. The molecule has 0 saturated carbocycles. The maximum Gasteiger partial charge on any atom is 0.0468 e. The zero-order chi connectivity index (χ0) is 28.8. The van der Waals surface area contributed by atoms with E-state index in [1.54, 1.807) is 0 Å². The molecule has 1 aromatic heterocycles. The number of anilines is 3. The summed E-state index contributed by atoms with van der Waals surface area (Å²) in [6.07, 6.45) is 6.28. The van der Waals surface area contributed by atoms with Crippen molar-refractivity contribution in [3.63, 3.8) is 0 Å². The van der Waals surface area contributed by atoms with Crippen LogP contribution in [0.15, 0.2) is 128 Å². The van der Waals surface area contributed by atoms with Crippen molar-refractivity contribution in [1.29, 1.82) is 0 Å². The Morgan fingerprint density at radius 1 is 0.667 bits per heavy atom. The third kappa shape index (κ3) is 4.22. The fourth-order valence-corrected chi connectivity index (χ4v) is 7.64. The van der Waals surface area contributed by atoms with E-state index in [4.69, 9.17) is 0 Å². The fourth-order valence-electron chi connectivity index (χ4n) is 6.48. The van der Waals surface area contributed by atoms with Gasteiger partial charge in [-0.25, -0.2) is 0 Å². The molecule has 2 heteroatoms. The zero-order valence-corrected chi connectivity index (χ0v) is 25.1. The highest BCUT2D eigenvalue weighted by atomic mass is 32.1. The van der Waals surface area contributed by atoms with Crippen LogP contribution in [0.5, 0.6) is 0 Å². The topological polar surface area (TPSA) is 3.24 Å². The summed E-state index contributed by atoms with van der Waals surface area (Å²) in [4.78, 5) is 3.65. The minimum atomic E-state index is -0.0752. The van der Waals surface area contributed by atoms with Gasteiger partial charge in [0, 0.05) is 37.4 Å². The van der Waals surface area contributed by atoms with E-state index in [1.807, 2.05) is 17.4 Å². The van der Waals surface area contributed by atoms with Crippen LogP contribution in [0.3, 0.4) is 0 Å². The number of fused-ring (bicyclic) bond motifs is 4. The second-order valence-corrected chi connectivity index (χ2v) is 12.5. The highest BCUT2D eigenvalue weighted by molar-refractivity contribution is 7.20. The molecule has 0 aliphatic heterocycles. The summed E-state index contributed by atoms with van der Waals surface area (Å²) in [7, 11) is 0. The maximum atomic E-state index is 4.17. The second-order valence-electron chi connectivity index (χ2n) is 11.4. The van der Waals surface area contributed by atoms with Crippen molar-refractivity contribution in [3.05, 3.63) is 149 Å². The Balaban J connectivity index is 1.44.